The number of methoxy groups -OCH3 is 3. The average molecular weight is 330 g/mol. The summed E-state index contributed by atoms with van der Waals surface area (Å²) in [5.41, 5.74) is 1.40. The summed E-state index contributed by atoms with van der Waals surface area (Å²) in [6.45, 7) is 1.75. The predicted molar refractivity (Wildman–Crippen MR) is 86.8 cm³/mol. The normalized spacial score (nSPS) is 11.3. The monoisotopic (exact) mass is 330 g/mol. The van der Waals surface area contributed by atoms with Crippen LogP contribution in [0.25, 0.3) is 5.57 Å². The molecule has 0 saturated heterocycles. The fourth-order valence-electron chi connectivity index (χ4n) is 1.91. The van der Waals surface area contributed by atoms with Crippen molar-refractivity contribution < 1.29 is 23.7 Å². The van der Waals surface area contributed by atoms with Gasteiger partial charge in [0.2, 0.25) is 17.5 Å². The summed E-state index contributed by atoms with van der Waals surface area (Å²) in [6.07, 6.45) is 0. The van der Waals surface area contributed by atoms with Crippen LogP contribution in [-0.4, -0.2) is 37.3 Å². The van der Waals surface area contributed by atoms with Crippen molar-refractivity contribution in [2.45, 2.75) is 6.92 Å². The maximum atomic E-state index is 12.1. The second kappa shape index (κ2) is 7.96. The van der Waals surface area contributed by atoms with Gasteiger partial charge in [-0.05, 0) is 12.5 Å². The van der Waals surface area contributed by atoms with Gasteiger partial charge in [0.1, 0.15) is 0 Å². The van der Waals surface area contributed by atoms with Gasteiger partial charge in [0.25, 0.3) is 0 Å². The number of carbonyl (C=O) groups is 1. The number of esters is 1. The van der Waals surface area contributed by atoms with Crippen LogP contribution >= 0.6 is 0 Å². The number of allylic oxidation sites excluding steroid dienone is 1. The maximum Gasteiger partial charge on any atom is 0.374 e. The molecule has 1 aromatic heterocycles. The molecule has 0 radical (unpaired) electrons. The first-order valence-electron chi connectivity index (χ1n) is 7.08. The topological polar surface area (TPSA) is 79.8 Å². The summed E-state index contributed by atoms with van der Waals surface area (Å²) in [7, 11) is 4.19. The van der Waals surface area contributed by atoms with Gasteiger partial charge in [-0.25, -0.2) is 4.79 Å². The third-order valence-electron chi connectivity index (χ3n) is 3.19. The quantitative estimate of drug-likeness (QED) is 0.457. The van der Waals surface area contributed by atoms with Crippen LogP contribution in [0.5, 0.6) is 17.8 Å². The van der Waals surface area contributed by atoms with Gasteiger partial charge in [0.05, 0.1) is 27.4 Å². The highest BCUT2D eigenvalue weighted by Gasteiger charge is 2.20. The SMILES string of the molecule is COC(=O)C(Oc1nc(OC)cc(OC)n1)=C(C)c1ccccc1. The Morgan fingerprint density at radius 1 is 0.958 bits per heavy atom. The molecule has 0 spiro atoms. The first-order chi connectivity index (χ1) is 11.6. The van der Waals surface area contributed by atoms with Crippen molar-refractivity contribution in [3.05, 3.63) is 47.7 Å². The zero-order valence-corrected chi connectivity index (χ0v) is 13.9. The molecular formula is C17H18N2O5. The molecule has 0 aliphatic carbocycles. The van der Waals surface area contributed by atoms with Gasteiger partial charge in [0, 0.05) is 5.57 Å². The van der Waals surface area contributed by atoms with Crippen molar-refractivity contribution in [3.8, 4) is 17.8 Å². The maximum absolute atomic E-state index is 12.1. The van der Waals surface area contributed by atoms with Gasteiger partial charge in [-0.2, -0.15) is 9.97 Å². The molecule has 0 fully saturated rings. The number of ether oxygens (including phenoxy) is 4. The van der Waals surface area contributed by atoms with Crippen molar-refractivity contribution in [2.24, 2.45) is 0 Å². The molecule has 126 valence electrons. The summed E-state index contributed by atoms with van der Waals surface area (Å²) in [6, 6.07) is 10.7. The number of hydrogen-bond donors (Lipinski definition) is 0. The molecule has 2 rings (SSSR count). The number of nitrogens with zero attached hydrogens (tertiary/aromatic N) is 2. The largest absolute Gasteiger partial charge is 0.481 e. The predicted octanol–water partition coefficient (Wildman–Crippen LogP) is 2.48. The highest BCUT2D eigenvalue weighted by Crippen LogP contribution is 2.24. The fraction of sp³-hybridized carbons (Fsp3) is 0.235. The van der Waals surface area contributed by atoms with Crippen LogP contribution in [0.1, 0.15) is 12.5 Å². The Hall–Kier alpha value is -3.09. The third kappa shape index (κ3) is 4.01. The van der Waals surface area contributed by atoms with Crippen LogP contribution in [0.2, 0.25) is 0 Å². The van der Waals surface area contributed by atoms with Crippen LogP contribution in [-0.2, 0) is 9.53 Å². The number of benzene rings is 1. The summed E-state index contributed by atoms with van der Waals surface area (Å²) in [4.78, 5) is 20.2. The zero-order valence-electron chi connectivity index (χ0n) is 13.9. The van der Waals surface area contributed by atoms with Crippen LogP contribution in [0.3, 0.4) is 0 Å². The second-order valence-electron chi connectivity index (χ2n) is 4.65. The molecule has 0 aliphatic rings. The molecule has 7 heteroatoms. The molecule has 0 saturated carbocycles. The van der Waals surface area contributed by atoms with E-state index in [9.17, 15) is 4.79 Å². The van der Waals surface area contributed by atoms with Crippen LogP contribution in [0.15, 0.2) is 42.2 Å². The Morgan fingerprint density at radius 3 is 2.04 bits per heavy atom. The Labute approximate surface area is 139 Å². The van der Waals surface area contributed by atoms with Gasteiger partial charge in [-0.3, -0.25) is 0 Å². The van der Waals surface area contributed by atoms with Crippen LogP contribution in [0, 0.1) is 0 Å². The summed E-state index contributed by atoms with van der Waals surface area (Å²) >= 11 is 0. The van der Waals surface area contributed by atoms with Crippen LogP contribution in [0.4, 0.5) is 0 Å². The molecule has 7 nitrogen and oxygen atoms in total. The molecular weight excluding hydrogens is 312 g/mol. The van der Waals surface area contributed by atoms with Crippen molar-refractivity contribution in [3.63, 3.8) is 0 Å². The van der Waals surface area contributed by atoms with Gasteiger partial charge < -0.3 is 18.9 Å². The summed E-state index contributed by atoms with van der Waals surface area (Å²) in [5.74, 6) is -0.155. The van der Waals surface area contributed by atoms with Crippen molar-refractivity contribution in [2.75, 3.05) is 21.3 Å². The van der Waals surface area contributed by atoms with E-state index in [2.05, 4.69) is 9.97 Å². The Kier molecular flexibility index (Phi) is 5.73. The third-order valence-corrected chi connectivity index (χ3v) is 3.19. The zero-order chi connectivity index (χ0) is 17.5. The van der Waals surface area contributed by atoms with E-state index in [0.717, 1.165) is 5.56 Å². The van der Waals surface area contributed by atoms with E-state index in [0.29, 0.717) is 5.57 Å². The first kappa shape index (κ1) is 17.3. The minimum atomic E-state index is -0.637. The lowest BCUT2D eigenvalue weighted by Crippen LogP contribution is -2.14. The molecule has 1 aromatic carbocycles. The molecule has 0 bridgehead atoms. The van der Waals surface area contributed by atoms with E-state index in [-0.39, 0.29) is 23.5 Å². The lowest BCUT2D eigenvalue weighted by molar-refractivity contribution is -0.138. The second-order valence-corrected chi connectivity index (χ2v) is 4.65. The molecule has 0 atom stereocenters. The summed E-state index contributed by atoms with van der Waals surface area (Å²) in [5, 5.41) is 0. The minimum Gasteiger partial charge on any atom is -0.481 e. The van der Waals surface area contributed by atoms with E-state index in [4.69, 9.17) is 18.9 Å². The molecule has 0 aliphatic heterocycles. The van der Waals surface area contributed by atoms with E-state index in [1.807, 2.05) is 30.3 Å². The number of rotatable bonds is 6. The molecule has 24 heavy (non-hydrogen) atoms. The molecule has 0 unspecified atom stereocenters. The van der Waals surface area contributed by atoms with Crippen LogP contribution < -0.4 is 14.2 Å². The number of aromatic nitrogens is 2. The lowest BCUT2D eigenvalue weighted by Gasteiger charge is -2.12. The number of hydrogen-bond acceptors (Lipinski definition) is 7. The molecule has 0 amide bonds. The summed E-state index contributed by atoms with van der Waals surface area (Å²) < 4.78 is 20.5. The van der Waals surface area contributed by atoms with Crippen molar-refractivity contribution in [1.82, 2.24) is 9.97 Å². The number of carbonyl (C=O) groups excluding carboxylic acids is 1. The molecule has 0 N–H and O–H groups in total. The Bertz CT molecular complexity index is 722. The van der Waals surface area contributed by atoms with Crippen molar-refractivity contribution in [1.29, 1.82) is 0 Å². The average Bonchev–Trinajstić information content (AvgIpc) is 2.65. The molecule has 2 aromatic rings. The van der Waals surface area contributed by atoms with E-state index >= 15 is 0 Å². The minimum absolute atomic E-state index is 0.0148. The van der Waals surface area contributed by atoms with E-state index < -0.39 is 5.97 Å². The van der Waals surface area contributed by atoms with Gasteiger partial charge >= 0.3 is 12.0 Å². The van der Waals surface area contributed by atoms with Gasteiger partial charge in [-0.15, -0.1) is 0 Å². The Morgan fingerprint density at radius 2 is 1.54 bits per heavy atom. The first-order valence-corrected chi connectivity index (χ1v) is 7.08. The van der Waals surface area contributed by atoms with Gasteiger partial charge in [0.15, 0.2) is 0 Å². The lowest BCUT2D eigenvalue weighted by atomic mass is 10.1. The van der Waals surface area contributed by atoms with Gasteiger partial charge in [-0.1, -0.05) is 30.3 Å². The standard InChI is InChI=1S/C17H18N2O5/c1-11(12-8-6-5-7-9-12)15(16(20)23-4)24-17-18-13(21-2)10-14(19-17)22-3/h5-10H,1-4H3. The van der Waals surface area contributed by atoms with E-state index in [1.165, 1.54) is 27.4 Å². The smallest absolute Gasteiger partial charge is 0.374 e. The molecule has 1 heterocycles. The Balaban J connectivity index is 2.46. The van der Waals surface area contributed by atoms with Crippen molar-refractivity contribution >= 4 is 11.5 Å². The fourth-order valence-corrected chi connectivity index (χ4v) is 1.91. The van der Waals surface area contributed by atoms with E-state index in [1.54, 1.807) is 6.92 Å². The highest BCUT2D eigenvalue weighted by molar-refractivity contribution is 5.95. The highest BCUT2D eigenvalue weighted by atomic mass is 16.6.